The van der Waals surface area contributed by atoms with Crippen LogP contribution in [0, 0.1) is 5.92 Å². The van der Waals surface area contributed by atoms with Crippen LogP contribution >= 0.6 is 0 Å². The second-order valence-corrected chi connectivity index (χ2v) is 7.13. The van der Waals surface area contributed by atoms with Crippen LogP contribution < -0.4 is 15.2 Å². The number of aliphatic carboxylic acids is 1. The summed E-state index contributed by atoms with van der Waals surface area (Å²) in [5, 5.41) is 15.3. The van der Waals surface area contributed by atoms with Crippen molar-refractivity contribution in [3.63, 3.8) is 0 Å². The first-order valence-corrected chi connectivity index (χ1v) is 9.86. The number of ketones is 1. The Morgan fingerprint density at radius 3 is 2.52 bits per heavy atom. The third kappa shape index (κ3) is 4.50. The molecule has 1 N–H and O–H groups in total. The number of ether oxygens (including phenoxy) is 1. The molecule has 0 amide bonds. The predicted octanol–water partition coefficient (Wildman–Crippen LogP) is 1.84. The number of nitrogens with zero attached hydrogens (tertiary/aromatic N) is 2. The molecule has 0 aromatic heterocycles. The van der Waals surface area contributed by atoms with E-state index in [2.05, 4.69) is 37.1 Å². The fourth-order valence-electron chi connectivity index (χ4n) is 3.59. The number of carbonyl (C=O) groups excluding carboxylic acids is 1. The molecule has 0 radical (unpaired) electrons. The first-order valence-electron chi connectivity index (χ1n) is 9.86. The first-order chi connectivity index (χ1) is 13.9. The van der Waals surface area contributed by atoms with Gasteiger partial charge in [-0.3, -0.25) is 9.80 Å². The Bertz CT molecular complexity index is 936. The Labute approximate surface area is 171 Å². The minimum atomic E-state index is -1.08. The number of hydrazone groups is 1. The highest BCUT2D eigenvalue weighted by molar-refractivity contribution is 6.33. The molecule has 2 aromatic rings. The molecule has 150 valence electrons. The summed E-state index contributed by atoms with van der Waals surface area (Å²) in [6.45, 7) is 4.19. The standard InChI is InChI=1S/C22H25BN2O4/c1-3-14-6-5-7-15(4-2)21(14)25-12-16(11-24-25)22(28)18-10-17(23)8-9-19(18)29-13-20(26)27/h5-11,16H,3-4,12-13,23H2,1-2H3,(H,26,27). The summed E-state index contributed by atoms with van der Waals surface area (Å²) in [5.74, 6) is -1.33. The molecule has 0 saturated carbocycles. The van der Waals surface area contributed by atoms with Crippen molar-refractivity contribution in [1.82, 2.24) is 0 Å². The molecule has 1 unspecified atom stereocenters. The van der Waals surface area contributed by atoms with Crippen molar-refractivity contribution >= 4 is 37.0 Å². The molecule has 3 rings (SSSR count). The summed E-state index contributed by atoms with van der Waals surface area (Å²) >= 11 is 0. The lowest BCUT2D eigenvalue weighted by molar-refractivity contribution is -0.139. The molecule has 1 atom stereocenters. The Morgan fingerprint density at radius 2 is 1.90 bits per heavy atom. The van der Waals surface area contributed by atoms with Gasteiger partial charge in [0, 0.05) is 6.21 Å². The van der Waals surface area contributed by atoms with Gasteiger partial charge in [0.25, 0.3) is 0 Å². The Hall–Kier alpha value is -3.09. The largest absolute Gasteiger partial charge is 0.481 e. The normalized spacial score (nSPS) is 15.5. The number of Topliss-reactive ketones (excluding diaryl/α,β-unsaturated/α-hetero) is 1. The summed E-state index contributed by atoms with van der Waals surface area (Å²) in [6.07, 6.45) is 3.45. The quantitative estimate of drug-likeness (QED) is 0.548. The van der Waals surface area contributed by atoms with Crippen molar-refractivity contribution in [3.05, 3.63) is 53.1 Å². The van der Waals surface area contributed by atoms with Crippen LogP contribution in [-0.2, 0) is 17.6 Å². The van der Waals surface area contributed by atoms with Crippen LogP contribution in [0.1, 0.15) is 35.3 Å². The number of anilines is 1. The van der Waals surface area contributed by atoms with Crippen LogP contribution in [0.15, 0.2) is 41.5 Å². The molecule has 0 saturated heterocycles. The van der Waals surface area contributed by atoms with E-state index in [9.17, 15) is 9.59 Å². The zero-order valence-electron chi connectivity index (χ0n) is 17.0. The van der Waals surface area contributed by atoms with Gasteiger partial charge in [0.05, 0.1) is 23.7 Å². The second kappa shape index (κ2) is 8.94. The van der Waals surface area contributed by atoms with Crippen LogP contribution in [0.5, 0.6) is 5.75 Å². The minimum Gasteiger partial charge on any atom is -0.481 e. The zero-order chi connectivity index (χ0) is 21.0. The summed E-state index contributed by atoms with van der Waals surface area (Å²) in [7, 11) is 1.89. The highest BCUT2D eigenvalue weighted by atomic mass is 16.5. The summed E-state index contributed by atoms with van der Waals surface area (Å²) in [5.41, 5.74) is 4.79. The van der Waals surface area contributed by atoms with Crippen LogP contribution in [0.3, 0.4) is 0 Å². The third-order valence-corrected chi connectivity index (χ3v) is 5.07. The predicted molar refractivity (Wildman–Crippen MR) is 117 cm³/mol. The van der Waals surface area contributed by atoms with Crippen molar-refractivity contribution < 1.29 is 19.4 Å². The number of carboxylic acids is 1. The Morgan fingerprint density at radius 1 is 1.21 bits per heavy atom. The number of rotatable bonds is 8. The van der Waals surface area contributed by atoms with Gasteiger partial charge < -0.3 is 9.84 Å². The number of aryl methyl sites for hydroxylation is 2. The zero-order valence-corrected chi connectivity index (χ0v) is 17.0. The van der Waals surface area contributed by atoms with E-state index in [0.29, 0.717) is 12.1 Å². The van der Waals surface area contributed by atoms with Crippen molar-refractivity contribution in [3.8, 4) is 5.75 Å². The molecule has 1 heterocycles. The summed E-state index contributed by atoms with van der Waals surface area (Å²) in [6, 6.07) is 11.4. The van der Waals surface area contributed by atoms with Gasteiger partial charge in [0.1, 0.15) is 13.6 Å². The first kappa shape index (κ1) is 20.6. The molecular formula is C22H25BN2O4. The number of benzene rings is 2. The molecule has 1 aliphatic heterocycles. The van der Waals surface area contributed by atoms with Gasteiger partial charge in [-0.1, -0.05) is 49.6 Å². The van der Waals surface area contributed by atoms with Crippen molar-refractivity contribution in [1.29, 1.82) is 0 Å². The number of hydrogen-bond acceptors (Lipinski definition) is 5. The molecule has 7 heteroatoms. The van der Waals surface area contributed by atoms with Gasteiger partial charge in [-0.15, -0.1) is 0 Å². The van der Waals surface area contributed by atoms with Crippen LogP contribution in [0.2, 0.25) is 0 Å². The maximum absolute atomic E-state index is 13.2. The van der Waals surface area contributed by atoms with Crippen molar-refractivity contribution in [2.75, 3.05) is 18.2 Å². The van der Waals surface area contributed by atoms with E-state index in [1.54, 1.807) is 24.4 Å². The average Bonchev–Trinajstić information content (AvgIpc) is 3.21. The number of hydrogen-bond donors (Lipinski definition) is 1. The van der Waals surface area contributed by atoms with Gasteiger partial charge in [-0.25, -0.2) is 4.79 Å². The Balaban J connectivity index is 1.85. The smallest absolute Gasteiger partial charge is 0.341 e. The number of carboxylic acid groups (broad SMARTS) is 1. The maximum Gasteiger partial charge on any atom is 0.341 e. The van der Waals surface area contributed by atoms with Crippen LogP contribution in [0.4, 0.5) is 5.69 Å². The monoisotopic (exact) mass is 392 g/mol. The fourth-order valence-corrected chi connectivity index (χ4v) is 3.59. The van der Waals surface area contributed by atoms with Crippen LogP contribution in [0.25, 0.3) is 0 Å². The van der Waals surface area contributed by atoms with E-state index in [1.807, 2.05) is 12.9 Å². The molecule has 6 nitrogen and oxygen atoms in total. The molecule has 0 aliphatic carbocycles. The number of carbonyl (C=O) groups is 2. The molecule has 0 spiro atoms. The lowest BCUT2D eigenvalue weighted by Gasteiger charge is -2.22. The van der Waals surface area contributed by atoms with E-state index >= 15 is 0 Å². The fraction of sp³-hybridized carbons (Fsp3) is 0.318. The van der Waals surface area contributed by atoms with E-state index in [4.69, 9.17) is 9.84 Å². The maximum atomic E-state index is 13.2. The molecule has 0 fully saturated rings. The van der Waals surface area contributed by atoms with Gasteiger partial charge in [-0.2, -0.15) is 5.10 Å². The third-order valence-electron chi connectivity index (χ3n) is 5.07. The Kier molecular flexibility index (Phi) is 6.37. The topological polar surface area (TPSA) is 79.2 Å². The highest BCUT2D eigenvalue weighted by Crippen LogP contribution is 2.31. The molecule has 1 aliphatic rings. The van der Waals surface area contributed by atoms with E-state index in [-0.39, 0.29) is 11.5 Å². The van der Waals surface area contributed by atoms with Gasteiger partial charge in [0.15, 0.2) is 12.4 Å². The minimum absolute atomic E-state index is 0.118. The molecule has 29 heavy (non-hydrogen) atoms. The molecular weight excluding hydrogens is 367 g/mol. The lowest BCUT2D eigenvalue weighted by atomic mass is 9.90. The van der Waals surface area contributed by atoms with E-state index in [0.717, 1.165) is 24.0 Å². The SMILES string of the molecule is Bc1ccc(OCC(=O)O)c(C(=O)C2C=NN(c3c(CC)cccc3CC)C2)c1. The molecule has 0 bridgehead atoms. The van der Waals surface area contributed by atoms with Crippen molar-refractivity contribution in [2.45, 2.75) is 26.7 Å². The highest BCUT2D eigenvalue weighted by Gasteiger charge is 2.30. The average molecular weight is 392 g/mol. The van der Waals surface area contributed by atoms with Gasteiger partial charge in [0.2, 0.25) is 0 Å². The van der Waals surface area contributed by atoms with Gasteiger partial charge in [-0.05, 0) is 30.0 Å². The van der Waals surface area contributed by atoms with Crippen LogP contribution in [-0.4, -0.2) is 44.1 Å². The second-order valence-electron chi connectivity index (χ2n) is 7.13. The summed E-state index contributed by atoms with van der Waals surface area (Å²) in [4.78, 5) is 24.1. The van der Waals surface area contributed by atoms with Gasteiger partial charge >= 0.3 is 5.97 Å². The van der Waals surface area contributed by atoms with Crippen molar-refractivity contribution in [2.24, 2.45) is 11.0 Å². The number of para-hydroxylation sites is 1. The lowest BCUT2D eigenvalue weighted by Crippen LogP contribution is -2.26. The molecule has 2 aromatic carbocycles. The van der Waals surface area contributed by atoms with E-state index in [1.165, 1.54) is 11.1 Å². The van der Waals surface area contributed by atoms with E-state index < -0.39 is 18.5 Å². The summed E-state index contributed by atoms with van der Waals surface area (Å²) < 4.78 is 5.34.